The quantitative estimate of drug-likeness (QED) is 0.916. The highest BCUT2D eigenvalue weighted by molar-refractivity contribution is 5.81. The second kappa shape index (κ2) is 6.47. The van der Waals surface area contributed by atoms with Gasteiger partial charge in [-0.3, -0.25) is 9.89 Å². The molecule has 0 saturated carbocycles. The maximum absolute atomic E-state index is 12.4. The first-order valence-electron chi connectivity index (χ1n) is 7.56. The summed E-state index contributed by atoms with van der Waals surface area (Å²) in [4.78, 5) is 16.2. The molecule has 1 N–H and O–H groups in total. The third-order valence-corrected chi connectivity index (χ3v) is 3.74. The van der Waals surface area contributed by atoms with Crippen molar-refractivity contribution in [1.82, 2.24) is 15.1 Å². The highest BCUT2D eigenvalue weighted by Crippen LogP contribution is 2.18. The fourth-order valence-corrected chi connectivity index (χ4v) is 2.58. The van der Waals surface area contributed by atoms with Crippen LogP contribution in [-0.4, -0.2) is 59.9 Å². The van der Waals surface area contributed by atoms with Crippen LogP contribution < -0.4 is 4.90 Å². The third kappa shape index (κ3) is 3.97. The number of ether oxygens (including phenoxy) is 1. The molecular formula is C15H26N4O2. The summed E-state index contributed by atoms with van der Waals surface area (Å²) in [7, 11) is 1.89. The molecule has 6 heteroatoms. The molecule has 1 aliphatic rings. The molecule has 0 aliphatic carbocycles. The molecule has 2 heterocycles. The zero-order valence-electron chi connectivity index (χ0n) is 13.6. The SMILES string of the molecule is CC(C)c1cc(N(C)CC(=O)N2C[C@H](C)O[C@@H](C)C2)n[nH]1. The van der Waals surface area contributed by atoms with Crippen LogP contribution in [-0.2, 0) is 9.53 Å². The number of amides is 1. The number of rotatable bonds is 4. The molecule has 1 aliphatic heterocycles. The molecule has 2 rings (SSSR count). The van der Waals surface area contributed by atoms with Gasteiger partial charge in [0.25, 0.3) is 0 Å². The largest absolute Gasteiger partial charge is 0.372 e. The van der Waals surface area contributed by atoms with Crippen molar-refractivity contribution in [1.29, 1.82) is 0 Å². The first-order chi connectivity index (χ1) is 9.86. The minimum Gasteiger partial charge on any atom is -0.372 e. The average molecular weight is 294 g/mol. The molecule has 1 saturated heterocycles. The van der Waals surface area contributed by atoms with Crippen LogP contribution in [0.25, 0.3) is 0 Å². The van der Waals surface area contributed by atoms with E-state index in [1.807, 2.05) is 36.8 Å². The summed E-state index contributed by atoms with van der Waals surface area (Å²) in [5.74, 6) is 1.33. The summed E-state index contributed by atoms with van der Waals surface area (Å²) < 4.78 is 5.66. The maximum Gasteiger partial charge on any atom is 0.242 e. The van der Waals surface area contributed by atoms with Crippen LogP contribution in [0.2, 0.25) is 0 Å². The number of anilines is 1. The lowest BCUT2D eigenvalue weighted by atomic mass is 10.1. The van der Waals surface area contributed by atoms with E-state index in [1.165, 1.54) is 0 Å². The van der Waals surface area contributed by atoms with E-state index in [9.17, 15) is 4.79 Å². The molecule has 0 spiro atoms. The van der Waals surface area contributed by atoms with Gasteiger partial charge in [-0.25, -0.2) is 0 Å². The number of H-pyrrole nitrogens is 1. The van der Waals surface area contributed by atoms with E-state index < -0.39 is 0 Å². The van der Waals surface area contributed by atoms with E-state index >= 15 is 0 Å². The van der Waals surface area contributed by atoms with Gasteiger partial charge in [0.05, 0.1) is 18.8 Å². The summed E-state index contributed by atoms with van der Waals surface area (Å²) in [6.07, 6.45) is 0.196. The van der Waals surface area contributed by atoms with Crippen LogP contribution in [0.1, 0.15) is 39.3 Å². The second-order valence-electron chi connectivity index (χ2n) is 6.25. The number of nitrogens with one attached hydrogen (secondary N) is 1. The minimum absolute atomic E-state index is 0.0981. The Labute approximate surface area is 126 Å². The van der Waals surface area contributed by atoms with Crippen molar-refractivity contribution in [2.24, 2.45) is 0 Å². The van der Waals surface area contributed by atoms with Gasteiger partial charge in [-0.05, 0) is 19.8 Å². The summed E-state index contributed by atoms with van der Waals surface area (Å²) in [6, 6.07) is 2.00. The van der Waals surface area contributed by atoms with Crippen LogP contribution in [0.5, 0.6) is 0 Å². The second-order valence-corrected chi connectivity index (χ2v) is 6.25. The van der Waals surface area contributed by atoms with Gasteiger partial charge in [-0.1, -0.05) is 13.8 Å². The van der Waals surface area contributed by atoms with Crippen molar-refractivity contribution < 1.29 is 9.53 Å². The van der Waals surface area contributed by atoms with Crippen molar-refractivity contribution in [2.45, 2.75) is 45.8 Å². The molecule has 118 valence electrons. The number of nitrogens with zero attached hydrogens (tertiary/aromatic N) is 3. The average Bonchev–Trinajstić information content (AvgIpc) is 2.87. The number of carbonyl (C=O) groups excluding carboxylic acids is 1. The number of morpholine rings is 1. The zero-order chi connectivity index (χ0) is 15.6. The van der Waals surface area contributed by atoms with Gasteiger partial charge >= 0.3 is 0 Å². The number of likely N-dealkylation sites (N-methyl/N-ethyl adjacent to an activating group) is 1. The molecule has 1 aromatic rings. The van der Waals surface area contributed by atoms with Gasteiger partial charge < -0.3 is 14.5 Å². The van der Waals surface area contributed by atoms with Crippen LogP contribution in [0.15, 0.2) is 6.07 Å². The van der Waals surface area contributed by atoms with Gasteiger partial charge in [0.15, 0.2) is 5.82 Å². The van der Waals surface area contributed by atoms with E-state index in [1.54, 1.807) is 0 Å². The van der Waals surface area contributed by atoms with E-state index in [2.05, 4.69) is 24.0 Å². The maximum atomic E-state index is 12.4. The van der Waals surface area contributed by atoms with Crippen molar-refractivity contribution >= 4 is 11.7 Å². The Balaban J connectivity index is 1.94. The fraction of sp³-hybridized carbons (Fsp3) is 0.733. The molecule has 1 fully saturated rings. The standard InChI is InChI=1S/C15H26N4O2/c1-10(2)13-6-14(17-16-13)18(5)9-15(20)19-7-11(3)21-12(4)8-19/h6,10-12H,7-9H2,1-5H3,(H,16,17)/t11-,12-/m0/s1. The van der Waals surface area contributed by atoms with Crippen molar-refractivity contribution in [3.05, 3.63) is 11.8 Å². The summed E-state index contributed by atoms with van der Waals surface area (Å²) in [6.45, 7) is 9.88. The Morgan fingerprint density at radius 1 is 1.48 bits per heavy atom. The number of hydrogen-bond donors (Lipinski definition) is 1. The first-order valence-corrected chi connectivity index (χ1v) is 7.56. The number of aromatic nitrogens is 2. The summed E-state index contributed by atoms with van der Waals surface area (Å²) in [5, 5.41) is 7.29. The molecule has 0 radical (unpaired) electrons. The van der Waals surface area contributed by atoms with E-state index in [4.69, 9.17) is 4.74 Å². The highest BCUT2D eigenvalue weighted by Gasteiger charge is 2.26. The predicted molar refractivity (Wildman–Crippen MR) is 82.5 cm³/mol. The number of aromatic amines is 1. The molecule has 0 unspecified atom stereocenters. The highest BCUT2D eigenvalue weighted by atomic mass is 16.5. The number of hydrogen-bond acceptors (Lipinski definition) is 4. The smallest absolute Gasteiger partial charge is 0.242 e. The van der Waals surface area contributed by atoms with Gasteiger partial charge in [0.2, 0.25) is 5.91 Å². The fourth-order valence-electron chi connectivity index (χ4n) is 2.58. The normalized spacial score (nSPS) is 22.7. The van der Waals surface area contributed by atoms with Gasteiger partial charge in [-0.2, -0.15) is 5.10 Å². The molecule has 1 amide bonds. The first kappa shape index (κ1) is 15.8. The van der Waals surface area contributed by atoms with Crippen LogP contribution in [0.4, 0.5) is 5.82 Å². The van der Waals surface area contributed by atoms with Gasteiger partial charge in [-0.15, -0.1) is 0 Å². The Hall–Kier alpha value is -1.56. The lowest BCUT2D eigenvalue weighted by Crippen LogP contribution is -2.50. The van der Waals surface area contributed by atoms with Crippen molar-refractivity contribution in [2.75, 3.05) is 31.6 Å². The third-order valence-electron chi connectivity index (χ3n) is 3.74. The Bertz CT molecular complexity index is 476. The summed E-state index contributed by atoms with van der Waals surface area (Å²) in [5.41, 5.74) is 1.08. The molecule has 21 heavy (non-hydrogen) atoms. The molecule has 6 nitrogen and oxygen atoms in total. The zero-order valence-corrected chi connectivity index (χ0v) is 13.6. The Kier molecular flexibility index (Phi) is 4.88. The Morgan fingerprint density at radius 2 is 2.10 bits per heavy atom. The van der Waals surface area contributed by atoms with Crippen LogP contribution in [0, 0.1) is 0 Å². The van der Waals surface area contributed by atoms with Crippen LogP contribution >= 0.6 is 0 Å². The van der Waals surface area contributed by atoms with Gasteiger partial charge in [0.1, 0.15) is 0 Å². The van der Waals surface area contributed by atoms with E-state index in [-0.39, 0.29) is 18.1 Å². The molecular weight excluding hydrogens is 268 g/mol. The predicted octanol–water partition coefficient (Wildman–Crippen LogP) is 1.61. The van der Waals surface area contributed by atoms with E-state index in [0.29, 0.717) is 25.6 Å². The minimum atomic E-state index is 0.0981. The number of carbonyl (C=O) groups is 1. The molecule has 1 aromatic heterocycles. The lowest BCUT2D eigenvalue weighted by molar-refractivity contribution is -0.141. The van der Waals surface area contributed by atoms with Crippen molar-refractivity contribution in [3.63, 3.8) is 0 Å². The van der Waals surface area contributed by atoms with Crippen molar-refractivity contribution in [3.8, 4) is 0 Å². The van der Waals surface area contributed by atoms with Gasteiger partial charge in [0, 0.05) is 31.9 Å². The molecule has 0 bridgehead atoms. The Morgan fingerprint density at radius 3 is 2.62 bits per heavy atom. The topological polar surface area (TPSA) is 61.5 Å². The molecule has 0 aromatic carbocycles. The lowest BCUT2D eigenvalue weighted by Gasteiger charge is -2.36. The monoisotopic (exact) mass is 294 g/mol. The van der Waals surface area contributed by atoms with Crippen LogP contribution in [0.3, 0.4) is 0 Å². The summed E-state index contributed by atoms with van der Waals surface area (Å²) >= 11 is 0. The molecule has 2 atom stereocenters. The van der Waals surface area contributed by atoms with E-state index in [0.717, 1.165) is 11.5 Å².